The van der Waals surface area contributed by atoms with E-state index in [1.54, 1.807) is 0 Å². The lowest BCUT2D eigenvalue weighted by Crippen LogP contribution is -2.49. The van der Waals surface area contributed by atoms with Crippen LogP contribution in [-0.4, -0.2) is 80.2 Å². The largest absolute Gasteiger partial charge is 0.376 e. The van der Waals surface area contributed by atoms with E-state index in [0.29, 0.717) is 52.5 Å². The van der Waals surface area contributed by atoms with Crippen molar-refractivity contribution in [2.45, 2.75) is 150 Å². The minimum atomic E-state index is -0.424. The van der Waals surface area contributed by atoms with Gasteiger partial charge in [-0.1, -0.05) is 41.5 Å². The molecule has 1 rings (SSSR count). The third-order valence-corrected chi connectivity index (χ3v) is 8.68. The van der Waals surface area contributed by atoms with Crippen molar-refractivity contribution >= 4 is 0 Å². The number of nitrogens with two attached hydrogens (primary N) is 3. The van der Waals surface area contributed by atoms with Gasteiger partial charge in [-0.25, -0.2) is 0 Å². The van der Waals surface area contributed by atoms with Crippen LogP contribution in [0.3, 0.4) is 0 Å². The molecule has 0 saturated carbocycles. The fourth-order valence-corrected chi connectivity index (χ4v) is 4.54. The molecule has 0 amide bonds. The fourth-order valence-electron chi connectivity index (χ4n) is 4.54. The number of ether oxygens (including phenoxy) is 5. The van der Waals surface area contributed by atoms with Crippen LogP contribution >= 0.6 is 0 Å². The SMILES string of the molecule is CC1COC(COCC(CC(C)(C)OCC(C)C(C)(C)N)OCC(C)(C)C)CC(C)(OCC(C)C(C)(C)N)CC1N. The molecule has 0 radical (unpaired) electrons. The molecule has 0 spiro atoms. The molecule has 7 unspecified atom stereocenters. The van der Waals surface area contributed by atoms with Crippen LogP contribution in [-0.2, 0) is 23.7 Å². The highest BCUT2D eigenvalue weighted by Gasteiger charge is 2.37. The number of rotatable bonds is 16. The maximum atomic E-state index is 6.54. The molecule has 246 valence electrons. The second-order valence-corrected chi connectivity index (χ2v) is 16.5. The zero-order valence-corrected chi connectivity index (χ0v) is 29.1. The Hall–Kier alpha value is -0.320. The highest BCUT2D eigenvalue weighted by atomic mass is 16.6. The number of hydrogen-bond donors (Lipinski definition) is 3. The topological polar surface area (TPSA) is 124 Å². The molecule has 0 aromatic rings. The first-order valence-electron chi connectivity index (χ1n) is 15.8. The van der Waals surface area contributed by atoms with E-state index in [2.05, 4.69) is 62.3 Å². The minimum Gasteiger partial charge on any atom is -0.376 e. The second kappa shape index (κ2) is 15.6. The molecule has 0 aliphatic carbocycles. The summed E-state index contributed by atoms with van der Waals surface area (Å²) in [6.07, 6.45) is 1.98. The zero-order valence-electron chi connectivity index (χ0n) is 29.1. The molecule has 1 aliphatic heterocycles. The molecule has 8 heteroatoms. The zero-order chi connectivity index (χ0) is 31.9. The van der Waals surface area contributed by atoms with Crippen LogP contribution in [0.5, 0.6) is 0 Å². The summed E-state index contributed by atoms with van der Waals surface area (Å²) >= 11 is 0. The number of hydrogen-bond acceptors (Lipinski definition) is 8. The van der Waals surface area contributed by atoms with Gasteiger partial charge in [0.05, 0.1) is 63.1 Å². The molecule has 8 nitrogen and oxygen atoms in total. The van der Waals surface area contributed by atoms with Gasteiger partial charge in [-0.05, 0) is 78.1 Å². The van der Waals surface area contributed by atoms with Crippen LogP contribution < -0.4 is 17.2 Å². The van der Waals surface area contributed by atoms with Crippen molar-refractivity contribution in [3.8, 4) is 0 Å². The van der Waals surface area contributed by atoms with Gasteiger partial charge in [0, 0.05) is 30.0 Å². The first-order chi connectivity index (χ1) is 18.4. The van der Waals surface area contributed by atoms with Crippen molar-refractivity contribution in [1.29, 1.82) is 0 Å². The van der Waals surface area contributed by atoms with Crippen LogP contribution in [0, 0.1) is 23.2 Å². The third kappa shape index (κ3) is 15.8. The average Bonchev–Trinajstić information content (AvgIpc) is 2.79. The lowest BCUT2D eigenvalue weighted by atomic mass is 9.84. The van der Waals surface area contributed by atoms with E-state index in [9.17, 15) is 0 Å². The second-order valence-electron chi connectivity index (χ2n) is 16.5. The van der Waals surface area contributed by atoms with Gasteiger partial charge >= 0.3 is 0 Å². The van der Waals surface area contributed by atoms with Gasteiger partial charge < -0.3 is 40.9 Å². The van der Waals surface area contributed by atoms with Gasteiger partial charge in [-0.3, -0.25) is 0 Å². The van der Waals surface area contributed by atoms with Crippen LogP contribution in [0.25, 0.3) is 0 Å². The Morgan fingerprint density at radius 1 is 0.878 bits per heavy atom. The molecule has 6 N–H and O–H groups in total. The average molecular weight is 588 g/mol. The maximum absolute atomic E-state index is 6.54. The molecule has 1 heterocycles. The molecule has 0 aromatic carbocycles. The molecular weight excluding hydrogens is 518 g/mol. The molecule has 1 fully saturated rings. The Balaban J connectivity index is 2.87. The third-order valence-electron chi connectivity index (χ3n) is 8.68. The van der Waals surface area contributed by atoms with Gasteiger partial charge in [-0.2, -0.15) is 0 Å². The quantitative estimate of drug-likeness (QED) is 0.223. The van der Waals surface area contributed by atoms with E-state index < -0.39 is 5.60 Å². The summed E-state index contributed by atoms with van der Waals surface area (Å²) < 4.78 is 31.9. The normalized spacial score (nSPS) is 27.7. The first kappa shape index (κ1) is 38.7. The fraction of sp³-hybridized carbons (Fsp3) is 1.00. The van der Waals surface area contributed by atoms with Crippen molar-refractivity contribution in [1.82, 2.24) is 0 Å². The molecular formula is C33H69N3O5. The molecule has 1 saturated heterocycles. The summed E-state index contributed by atoms with van der Waals surface area (Å²) in [5.41, 5.74) is 17.8. The lowest BCUT2D eigenvalue weighted by Gasteiger charge is -2.41. The van der Waals surface area contributed by atoms with Crippen molar-refractivity contribution in [2.24, 2.45) is 40.4 Å². The Labute approximate surface area is 253 Å². The van der Waals surface area contributed by atoms with E-state index in [4.69, 9.17) is 40.9 Å². The Bertz CT molecular complexity index is 743. The van der Waals surface area contributed by atoms with Crippen LogP contribution in [0.1, 0.15) is 109 Å². The predicted molar refractivity (Wildman–Crippen MR) is 170 cm³/mol. The predicted octanol–water partition coefficient (Wildman–Crippen LogP) is 5.28. The van der Waals surface area contributed by atoms with E-state index in [0.717, 1.165) is 6.42 Å². The van der Waals surface area contributed by atoms with Gasteiger partial charge in [-0.15, -0.1) is 0 Å². The molecule has 0 aromatic heterocycles. The van der Waals surface area contributed by atoms with E-state index in [1.165, 1.54) is 0 Å². The van der Waals surface area contributed by atoms with Crippen LogP contribution in [0.2, 0.25) is 0 Å². The monoisotopic (exact) mass is 588 g/mol. The summed E-state index contributed by atoms with van der Waals surface area (Å²) in [5.74, 6) is 0.666. The highest BCUT2D eigenvalue weighted by Crippen LogP contribution is 2.31. The van der Waals surface area contributed by atoms with E-state index in [1.807, 2.05) is 27.7 Å². The molecule has 41 heavy (non-hydrogen) atoms. The minimum absolute atomic E-state index is 0.00744. The van der Waals surface area contributed by atoms with Gasteiger partial charge in [0.1, 0.15) is 0 Å². The lowest BCUT2D eigenvalue weighted by molar-refractivity contribution is -0.140. The summed E-state index contributed by atoms with van der Waals surface area (Å²) in [4.78, 5) is 0. The summed E-state index contributed by atoms with van der Waals surface area (Å²) in [6.45, 7) is 30.8. The Kier molecular flexibility index (Phi) is 14.7. The Morgan fingerprint density at radius 2 is 1.44 bits per heavy atom. The van der Waals surface area contributed by atoms with Crippen LogP contribution in [0.4, 0.5) is 0 Å². The van der Waals surface area contributed by atoms with E-state index in [-0.39, 0.29) is 58.1 Å². The summed E-state index contributed by atoms with van der Waals surface area (Å²) in [7, 11) is 0. The van der Waals surface area contributed by atoms with Crippen molar-refractivity contribution < 1.29 is 23.7 Å². The van der Waals surface area contributed by atoms with Crippen molar-refractivity contribution in [3.05, 3.63) is 0 Å². The van der Waals surface area contributed by atoms with Gasteiger partial charge in [0.25, 0.3) is 0 Å². The van der Waals surface area contributed by atoms with E-state index >= 15 is 0 Å². The van der Waals surface area contributed by atoms with Crippen LogP contribution in [0.15, 0.2) is 0 Å². The summed E-state index contributed by atoms with van der Waals surface area (Å²) in [5, 5.41) is 0. The van der Waals surface area contributed by atoms with Crippen molar-refractivity contribution in [2.75, 3.05) is 39.6 Å². The van der Waals surface area contributed by atoms with Gasteiger partial charge in [0.2, 0.25) is 0 Å². The molecule has 1 aliphatic rings. The Morgan fingerprint density at radius 3 is 1.98 bits per heavy atom. The van der Waals surface area contributed by atoms with Crippen molar-refractivity contribution in [3.63, 3.8) is 0 Å². The standard InChI is InChI=1S/C33H69N3O5/c1-23-17-38-27(15-33(13,16-28(23)34)41-19-25(3)32(11,12)36)21-37-20-26(39-22-29(4,5)6)14-30(7,8)40-18-24(2)31(9,10)35/h23-28H,14-22,34-36H2,1-13H3. The molecule has 0 bridgehead atoms. The smallest absolute Gasteiger partial charge is 0.0836 e. The first-order valence-corrected chi connectivity index (χ1v) is 15.8. The maximum Gasteiger partial charge on any atom is 0.0836 e. The molecule has 7 atom stereocenters. The highest BCUT2D eigenvalue weighted by molar-refractivity contribution is 4.90. The van der Waals surface area contributed by atoms with Gasteiger partial charge in [0.15, 0.2) is 0 Å². The summed E-state index contributed by atoms with van der Waals surface area (Å²) in [6, 6.07) is 0.00744.